The second kappa shape index (κ2) is 5.41. The molecule has 0 aliphatic carbocycles. The molecular formula is C12H14N4O3S. The van der Waals surface area contributed by atoms with Crippen molar-refractivity contribution in [2.75, 3.05) is 5.32 Å². The van der Waals surface area contributed by atoms with E-state index in [-0.39, 0.29) is 10.8 Å². The van der Waals surface area contributed by atoms with E-state index in [2.05, 4.69) is 15.4 Å². The van der Waals surface area contributed by atoms with E-state index < -0.39 is 10.0 Å². The number of rotatable bonds is 4. The SMILES string of the molecule is CCC(=O)Nc1ccc(S(=O)(=O)n2cnc(C)n2)cc1. The fraction of sp³-hybridized carbons (Fsp3) is 0.250. The first-order valence-electron chi connectivity index (χ1n) is 5.97. The van der Waals surface area contributed by atoms with Gasteiger partial charge in [-0.3, -0.25) is 4.79 Å². The van der Waals surface area contributed by atoms with Gasteiger partial charge >= 0.3 is 0 Å². The van der Waals surface area contributed by atoms with Crippen molar-refractivity contribution >= 4 is 21.6 Å². The van der Waals surface area contributed by atoms with Gasteiger partial charge in [-0.2, -0.15) is 8.42 Å². The molecule has 20 heavy (non-hydrogen) atoms. The second-order valence-corrected chi connectivity index (χ2v) is 5.89. The van der Waals surface area contributed by atoms with E-state index in [0.29, 0.717) is 17.9 Å². The minimum absolute atomic E-state index is 0.0805. The summed E-state index contributed by atoms with van der Waals surface area (Å²) in [7, 11) is -3.74. The van der Waals surface area contributed by atoms with Crippen LogP contribution in [0.3, 0.4) is 0 Å². The number of hydrogen-bond donors (Lipinski definition) is 1. The lowest BCUT2D eigenvalue weighted by atomic mass is 10.3. The van der Waals surface area contributed by atoms with Gasteiger partial charge in [0.15, 0.2) is 0 Å². The Balaban J connectivity index is 2.28. The third-order valence-electron chi connectivity index (χ3n) is 2.59. The largest absolute Gasteiger partial charge is 0.326 e. The minimum Gasteiger partial charge on any atom is -0.326 e. The summed E-state index contributed by atoms with van der Waals surface area (Å²) in [5, 5.41) is 6.44. The Labute approximate surface area is 116 Å². The number of nitrogens with zero attached hydrogens (tertiary/aromatic N) is 3. The summed E-state index contributed by atoms with van der Waals surface area (Å²) in [6.45, 7) is 3.34. The molecule has 0 spiro atoms. The zero-order valence-electron chi connectivity index (χ0n) is 11.1. The van der Waals surface area contributed by atoms with Gasteiger partial charge in [-0.05, 0) is 31.2 Å². The summed E-state index contributed by atoms with van der Waals surface area (Å²) in [6.07, 6.45) is 1.51. The molecule has 1 aromatic carbocycles. The number of aromatic nitrogens is 3. The summed E-state index contributed by atoms with van der Waals surface area (Å²) < 4.78 is 25.2. The van der Waals surface area contributed by atoms with Gasteiger partial charge in [0.05, 0.1) is 4.90 Å². The molecule has 0 aliphatic heterocycles. The average Bonchev–Trinajstić information content (AvgIpc) is 2.86. The van der Waals surface area contributed by atoms with Crippen molar-refractivity contribution in [1.82, 2.24) is 14.2 Å². The molecule has 7 nitrogen and oxygen atoms in total. The van der Waals surface area contributed by atoms with Gasteiger partial charge in [0.2, 0.25) is 5.91 Å². The van der Waals surface area contributed by atoms with Gasteiger partial charge in [0, 0.05) is 12.1 Å². The fourth-order valence-electron chi connectivity index (χ4n) is 1.51. The molecule has 0 saturated heterocycles. The van der Waals surface area contributed by atoms with Crippen LogP contribution in [0.5, 0.6) is 0 Å². The van der Waals surface area contributed by atoms with Crippen molar-refractivity contribution < 1.29 is 13.2 Å². The first-order chi connectivity index (χ1) is 9.43. The summed E-state index contributed by atoms with van der Waals surface area (Å²) in [5.74, 6) is 0.243. The van der Waals surface area contributed by atoms with Crippen LogP contribution in [-0.4, -0.2) is 28.5 Å². The highest BCUT2D eigenvalue weighted by Gasteiger charge is 2.18. The van der Waals surface area contributed by atoms with Gasteiger partial charge in [0.25, 0.3) is 10.0 Å². The zero-order valence-corrected chi connectivity index (χ0v) is 11.9. The fourth-order valence-corrected chi connectivity index (χ4v) is 2.60. The first kappa shape index (κ1) is 14.2. The van der Waals surface area contributed by atoms with Crippen LogP contribution in [0.2, 0.25) is 0 Å². The van der Waals surface area contributed by atoms with Crippen molar-refractivity contribution in [3.8, 4) is 0 Å². The molecule has 1 amide bonds. The Bertz CT molecular complexity index is 719. The van der Waals surface area contributed by atoms with Gasteiger partial charge < -0.3 is 5.32 Å². The number of benzene rings is 1. The smallest absolute Gasteiger partial charge is 0.284 e. The van der Waals surface area contributed by atoms with Crippen molar-refractivity contribution in [2.45, 2.75) is 25.2 Å². The Kier molecular flexibility index (Phi) is 3.84. The van der Waals surface area contributed by atoms with E-state index >= 15 is 0 Å². The molecule has 1 aromatic heterocycles. The van der Waals surface area contributed by atoms with Gasteiger partial charge in [0.1, 0.15) is 12.2 Å². The molecule has 0 atom stereocenters. The Hall–Kier alpha value is -2.22. The second-order valence-electron chi connectivity index (χ2n) is 4.10. The van der Waals surface area contributed by atoms with Crippen LogP contribution in [0, 0.1) is 6.92 Å². The average molecular weight is 294 g/mol. The molecule has 1 heterocycles. The molecule has 1 N–H and O–H groups in total. The Morgan fingerprint density at radius 1 is 1.30 bits per heavy atom. The van der Waals surface area contributed by atoms with Crippen LogP contribution in [-0.2, 0) is 14.8 Å². The predicted molar refractivity (Wildman–Crippen MR) is 72.7 cm³/mol. The van der Waals surface area contributed by atoms with E-state index in [9.17, 15) is 13.2 Å². The molecule has 0 saturated carbocycles. The van der Waals surface area contributed by atoms with Gasteiger partial charge in [-0.1, -0.05) is 6.92 Å². The van der Waals surface area contributed by atoms with Crippen LogP contribution in [0.15, 0.2) is 35.5 Å². The molecule has 2 rings (SSSR count). The van der Waals surface area contributed by atoms with Crippen molar-refractivity contribution in [3.63, 3.8) is 0 Å². The van der Waals surface area contributed by atoms with E-state index in [4.69, 9.17) is 0 Å². The third-order valence-corrected chi connectivity index (χ3v) is 4.13. The molecule has 0 bridgehead atoms. The first-order valence-corrected chi connectivity index (χ1v) is 7.41. The molecule has 2 aromatic rings. The summed E-state index contributed by atoms with van der Waals surface area (Å²) in [6, 6.07) is 5.89. The van der Waals surface area contributed by atoms with Crippen molar-refractivity contribution in [2.24, 2.45) is 0 Å². The predicted octanol–water partition coefficient (Wildman–Crippen LogP) is 1.17. The lowest BCUT2D eigenvalue weighted by molar-refractivity contribution is -0.115. The van der Waals surface area contributed by atoms with Gasteiger partial charge in [-0.15, -0.1) is 9.19 Å². The number of carbonyl (C=O) groups is 1. The van der Waals surface area contributed by atoms with Crippen molar-refractivity contribution in [1.29, 1.82) is 0 Å². The number of aryl methyl sites for hydroxylation is 1. The Morgan fingerprint density at radius 2 is 1.95 bits per heavy atom. The molecule has 0 aliphatic rings. The van der Waals surface area contributed by atoms with Gasteiger partial charge in [-0.25, -0.2) is 4.98 Å². The van der Waals surface area contributed by atoms with E-state index in [1.165, 1.54) is 24.3 Å². The van der Waals surface area contributed by atoms with Crippen LogP contribution < -0.4 is 5.32 Å². The monoisotopic (exact) mass is 294 g/mol. The van der Waals surface area contributed by atoms with Crippen LogP contribution >= 0.6 is 0 Å². The normalized spacial score (nSPS) is 11.3. The third kappa shape index (κ3) is 2.85. The highest BCUT2D eigenvalue weighted by atomic mass is 32.2. The van der Waals surface area contributed by atoms with Crippen LogP contribution in [0.25, 0.3) is 0 Å². The Morgan fingerprint density at radius 3 is 2.45 bits per heavy atom. The van der Waals surface area contributed by atoms with E-state index in [1.807, 2.05) is 0 Å². The molecular weight excluding hydrogens is 280 g/mol. The standard InChI is InChI=1S/C12H14N4O3S/c1-3-12(17)14-10-4-6-11(7-5-10)20(18,19)16-8-13-9(2)15-16/h4-8H,3H2,1-2H3,(H,14,17). The number of nitrogens with one attached hydrogen (secondary N) is 1. The molecule has 0 fully saturated rings. The van der Waals surface area contributed by atoms with E-state index in [0.717, 1.165) is 10.4 Å². The number of anilines is 1. The number of carbonyl (C=O) groups excluding carboxylic acids is 1. The van der Waals surface area contributed by atoms with E-state index in [1.54, 1.807) is 13.8 Å². The molecule has 0 unspecified atom stereocenters. The lowest BCUT2D eigenvalue weighted by Crippen LogP contribution is -2.14. The maximum Gasteiger partial charge on any atom is 0.284 e. The summed E-state index contributed by atoms with van der Waals surface area (Å²) in [4.78, 5) is 15.1. The number of hydrogen-bond acceptors (Lipinski definition) is 5. The lowest BCUT2D eigenvalue weighted by Gasteiger charge is -2.06. The maximum absolute atomic E-state index is 12.2. The van der Waals surface area contributed by atoms with Crippen LogP contribution in [0.1, 0.15) is 19.2 Å². The molecule has 106 valence electrons. The van der Waals surface area contributed by atoms with Crippen molar-refractivity contribution in [3.05, 3.63) is 36.4 Å². The summed E-state index contributed by atoms with van der Waals surface area (Å²) in [5.41, 5.74) is 0.547. The summed E-state index contributed by atoms with van der Waals surface area (Å²) >= 11 is 0. The van der Waals surface area contributed by atoms with Crippen LogP contribution in [0.4, 0.5) is 5.69 Å². The number of amides is 1. The maximum atomic E-state index is 12.2. The molecule has 0 radical (unpaired) electrons. The molecule has 8 heteroatoms. The zero-order chi connectivity index (χ0) is 14.8. The highest BCUT2D eigenvalue weighted by molar-refractivity contribution is 7.89. The quantitative estimate of drug-likeness (QED) is 0.913. The minimum atomic E-state index is -3.74. The highest BCUT2D eigenvalue weighted by Crippen LogP contribution is 2.16. The topological polar surface area (TPSA) is 94.0 Å².